The average molecular weight is 152 g/mol. The lowest BCUT2D eigenvalue weighted by atomic mass is 10.2. The molecule has 60 valence electrons. The van der Waals surface area contributed by atoms with Gasteiger partial charge in [0.15, 0.2) is 0 Å². The van der Waals surface area contributed by atoms with Crippen molar-refractivity contribution >= 4 is 6.08 Å². The van der Waals surface area contributed by atoms with Gasteiger partial charge in [0.2, 0.25) is 0 Å². The monoisotopic (exact) mass is 152 g/mol. The summed E-state index contributed by atoms with van der Waals surface area (Å²) < 4.78 is 12.2. The van der Waals surface area contributed by atoms with Gasteiger partial charge in [0.25, 0.3) is 0 Å². The van der Waals surface area contributed by atoms with E-state index in [0.717, 1.165) is 5.56 Å². The summed E-state index contributed by atoms with van der Waals surface area (Å²) in [6.45, 7) is 7.54. The van der Waals surface area contributed by atoms with Crippen molar-refractivity contribution in [2.45, 2.75) is 13.8 Å². The van der Waals surface area contributed by atoms with E-state index in [1.807, 2.05) is 13.8 Å². The first-order valence-electron chi connectivity index (χ1n) is 3.71. The molecule has 0 saturated heterocycles. The predicted octanol–water partition coefficient (Wildman–Crippen LogP) is 3.49. The van der Waals surface area contributed by atoms with Crippen LogP contribution in [-0.2, 0) is 0 Å². The van der Waals surface area contributed by atoms with Gasteiger partial charge in [-0.2, -0.15) is 0 Å². The summed E-state index contributed by atoms with van der Waals surface area (Å²) in [6, 6.07) is 6.19. The fraction of sp³-hybridized carbons (Fsp3) is 0.200. The van der Waals surface area contributed by atoms with E-state index in [4.69, 9.17) is 0 Å². The maximum atomic E-state index is 12.2. The van der Waals surface area contributed by atoms with Crippen molar-refractivity contribution in [3.05, 3.63) is 42.2 Å². The molecular formula is C10H13F. The molecule has 1 aromatic carbocycles. The largest absolute Gasteiger partial charge is 0.207 e. The van der Waals surface area contributed by atoms with Gasteiger partial charge in [0.05, 0.1) is 0 Å². The van der Waals surface area contributed by atoms with E-state index in [-0.39, 0.29) is 5.82 Å². The van der Waals surface area contributed by atoms with E-state index in [9.17, 15) is 4.39 Å². The lowest BCUT2D eigenvalue weighted by molar-refractivity contribution is 0.628. The molecule has 0 unspecified atom stereocenters. The molecule has 0 aliphatic rings. The van der Waals surface area contributed by atoms with Crippen LogP contribution in [0.3, 0.4) is 0 Å². The molecule has 0 spiro atoms. The molecule has 0 fully saturated rings. The molecule has 0 amide bonds. The summed E-state index contributed by atoms with van der Waals surface area (Å²) in [5.41, 5.74) is 0.941. The summed E-state index contributed by atoms with van der Waals surface area (Å²) in [5, 5.41) is 0. The van der Waals surface area contributed by atoms with Crippen LogP contribution in [0.25, 0.3) is 6.08 Å². The molecule has 0 bridgehead atoms. The number of halogens is 1. The summed E-state index contributed by atoms with van der Waals surface area (Å²) in [4.78, 5) is 0. The Bertz CT molecular complexity index is 199. The third-order valence-electron chi connectivity index (χ3n) is 1.11. The molecular weight excluding hydrogens is 139 g/mol. The standard InChI is InChI=1S/C8H7F.C2H6/c1-2-7-3-5-8(9)6-4-7;1-2/h2-6H,1H2;1-2H3. The Hall–Kier alpha value is -1.11. The van der Waals surface area contributed by atoms with Gasteiger partial charge in [0.1, 0.15) is 5.82 Å². The van der Waals surface area contributed by atoms with Crippen LogP contribution in [0.1, 0.15) is 19.4 Å². The van der Waals surface area contributed by atoms with Crippen LogP contribution in [0.4, 0.5) is 4.39 Å². The highest BCUT2D eigenvalue weighted by Gasteiger charge is 1.85. The number of rotatable bonds is 1. The lowest BCUT2D eigenvalue weighted by Crippen LogP contribution is -1.72. The first-order chi connectivity index (χ1) is 5.33. The maximum Gasteiger partial charge on any atom is 0.123 e. The van der Waals surface area contributed by atoms with Crippen LogP contribution < -0.4 is 0 Å². The minimum absolute atomic E-state index is 0.208. The normalized spacial score (nSPS) is 7.91. The highest BCUT2D eigenvalue weighted by Crippen LogP contribution is 2.02. The Balaban J connectivity index is 0.000000461. The molecule has 1 rings (SSSR count). The molecule has 0 N–H and O–H groups in total. The van der Waals surface area contributed by atoms with Crippen molar-refractivity contribution in [2.24, 2.45) is 0 Å². The first-order valence-corrected chi connectivity index (χ1v) is 3.71. The topological polar surface area (TPSA) is 0 Å². The minimum atomic E-state index is -0.208. The van der Waals surface area contributed by atoms with Crippen molar-refractivity contribution in [1.29, 1.82) is 0 Å². The van der Waals surface area contributed by atoms with Gasteiger partial charge in [-0.05, 0) is 17.7 Å². The number of hydrogen-bond acceptors (Lipinski definition) is 0. The third-order valence-corrected chi connectivity index (χ3v) is 1.11. The molecule has 0 atom stereocenters. The van der Waals surface area contributed by atoms with Crippen molar-refractivity contribution < 1.29 is 4.39 Å². The van der Waals surface area contributed by atoms with E-state index in [1.165, 1.54) is 12.1 Å². The minimum Gasteiger partial charge on any atom is -0.207 e. The fourth-order valence-electron chi connectivity index (χ4n) is 0.599. The van der Waals surface area contributed by atoms with Crippen LogP contribution in [0.2, 0.25) is 0 Å². The van der Waals surface area contributed by atoms with Crippen LogP contribution >= 0.6 is 0 Å². The highest BCUT2D eigenvalue weighted by atomic mass is 19.1. The van der Waals surface area contributed by atoms with Crippen molar-refractivity contribution in [2.75, 3.05) is 0 Å². The van der Waals surface area contributed by atoms with Crippen molar-refractivity contribution in [3.8, 4) is 0 Å². The second-order valence-corrected chi connectivity index (χ2v) is 1.76. The van der Waals surface area contributed by atoms with E-state index < -0.39 is 0 Å². The SMILES string of the molecule is C=Cc1ccc(F)cc1.CC. The highest BCUT2D eigenvalue weighted by molar-refractivity contribution is 5.45. The Morgan fingerprint density at radius 3 is 2.00 bits per heavy atom. The van der Waals surface area contributed by atoms with Gasteiger partial charge in [0, 0.05) is 0 Å². The van der Waals surface area contributed by atoms with E-state index in [2.05, 4.69) is 6.58 Å². The second kappa shape index (κ2) is 5.66. The average Bonchev–Trinajstić information content (AvgIpc) is 2.10. The van der Waals surface area contributed by atoms with Crippen LogP contribution in [-0.4, -0.2) is 0 Å². The summed E-state index contributed by atoms with van der Waals surface area (Å²) in [6.07, 6.45) is 1.68. The van der Waals surface area contributed by atoms with Crippen molar-refractivity contribution in [3.63, 3.8) is 0 Å². The Morgan fingerprint density at radius 2 is 1.64 bits per heavy atom. The van der Waals surface area contributed by atoms with Gasteiger partial charge in [-0.1, -0.05) is 38.6 Å². The molecule has 1 heteroatoms. The zero-order chi connectivity index (χ0) is 8.69. The van der Waals surface area contributed by atoms with Gasteiger partial charge < -0.3 is 0 Å². The first kappa shape index (κ1) is 9.89. The quantitative estimate of drug-likeness (QED) is 0.577. The van der Waals surface area contributed by atoms with E-state index in [1.54, 1.807) is 18.2 Å². The summed E-state index contributed by atoms with van der Waals surface area (Å²) in [7, 11) is 0. The zero-order valence-electron chi connectivity index (χ0n) is 6.97. The third kappa shape index (κ3) is 3.56. The summed E-state index contributed by atoms with van der Waals surface area (Å²) >= 11 is 0. The van der Waals surface area contributed by atoms with E-state index >= 15 is 0 Å². The number of benzene rings is 1. The zero-order valence-corrected chi connectivity index (χ0v) is 6.97. The molecule has 11 heavy (non-hydrogen) atoms. The lowest BCUT2D eigenvalue weighted by Gasteiger charge is -1.88. The Morgan fingerprint density at radius 1 is 1.18 bits per heavy atom. The Kier molecular flexibility index (Phi) is 5.09. The molecule has 0 nitrogen and oxygen atoms in total. The molecule has 0 radical (unpaired) electrons. The van der Waals surface area contributed by atoms with Gasteiger partial charge in [-0.25, -0.2) is 4.39 Å². The van der Waals surface area contributed by atoms with Crippen LogP contribution in [0, 0.1) is 5.82 Å². The molecule has 1 aromatic rings. The molecule has 0 saturated carbocycles. The summed E-state index contributed by atoms with van der Waals surface area (Å²) in [5.74, 6) is -0.208. The van der Waals surface area contributed by atoms with Crippen LogP contribution in [0.15, 0.2) is 30.8 Å². The molecule has 0 aliphatic carbocycles. The van der Waals surface area contributed by atoms with Gasteiger partial charge in [-0.15, -0.1) is 0 Å². The molecule has 0 aliphatic heterocycles. The maximum absolute atomic E-state index is 12.2. The molecule has 0 heterocycles. The molecule has 0 aromatic heterocycles. The second-order valence-electron chi connectivity index (χ2n) is 1.76. The Labute approximate surface area is 67.4 Å². The smallest absolute Gasteiger partial charge is 0.123 e. The fourth-order valence-corrected chi connectivity index (χ4v) is 0.599. The van der Waals surface area contributed by atoms with E-state index in [0.29, 0.717) is 0 Å². The van der Waals surface area contributed by atoms with Gasteiger partial charge in [-0.3, -0.25) is 0 Å². The predicted molar refractivity (Wildman–Crippen MR) is 47.8 cm³/mol. The van der Waals surface area contributed by atoms with Crippen LogP contribution in [0.5, 0.6) is 0 Å². The van der Waals surface area contributed by atoms with Crippen molar-refractivity contribution in [1.82, 2.24) is 0 Å². The number of hydrogen-bond donors (Lipinski definition) is 0. The van der Waals surface area contributed by atoms with Gasteiger partial charge >= 0.3 is 0 Å².